The van der Waals surface area contributed by atoms with E-state index in [1.807, 2.05) is 0 Å². The van der Waals surface area contributed by atoms with Crippen LogP contribution in [0.25, 0.3) is 0 Å². The zero-order chi connectivity index (χ0) is 19.5. The number of ether oxygens (including phenoxy) is 1. The topological polar surface area (TPSA) is 72.9 Å². The van der Waals surface area contributed by atoms with Crippen LogP contribution < -0.4 is 9.64 Å². The molecule has 26 heavy (non-hydrogen) atoms. The molecular formula is C19H23NO5S. The molecule has 0 unspecified atom stereocenters. The molecule has 140 valence electrons. The monoisotopic (exact) mass is 377 g/mol. The van der Waals surface area contributed by atoms with Gasteiger partial charge in [0.2, 0.25) is 5.91 Å². The first kappa shape index (κ1) is 19.8. The number of methoxy groups -OCH3 is 1. The van der Waals surface area contributed by atoms with Crippen LogP contribution in [0, 0.1) is 5.92 Å². The number of nitrogens with zero attached hydrogens (tertiary/aromatic N) is 1. The van der Waals surface area contributed by atoms with Gasteiger partial charge in [-0.25, -0.2) is 0 Å². The van der Waals surface area contributed by atoms with E-state index in [-0.39, 0.29) is 23.6 Å². The fourth-order valence-corrected chi connectivity index (χ4v) is 3.32. The highest BCUT2D eigenvalue weighted by Crippen LogP contribution is 2.37. The Hall–Kier alpha value is -2.54. The number of anilines is 1. The summed E-state index contributed by atoms with van der Waals surface area (Å²) in [5.41, 5.74) is 1.29. The third-order valence-corrected chi connectivity index (χ3v) is 4.65. The van der Waals surface area contributed by atoms with E-state index in [0.29, 0.717) is 17.7 Å². The maximum atomic E-state index is 12.6. The highest BCUT2D eigenvalue weighted by molar-refractivity contribution is 7.86. The van der Waals surface area contributed by atoms with Gasteiger partial charge in [-0.05, 0) is 43.2 Å². The molecule has 0 bridgehead atoms. The van der Waals surface area contributed by atoms with E-state index in [1.165, 1.54) is 0 Å². The second-order valence-electron chi connectivity index (χ2n) is 6.09. The van der Waals surface area contributed by atoms with Crippen molar-refractivity contribution in [2.45, 2.75) is 19.4 Å². The van der Waals surface area contributed by atoms with E-state index >= 15 is 0 Å². The molecule has 6 nitrogen and oxygen atoms in total. The summed E-state index contributed by atoms with van der Waals surface area (Å²) in [4.78, 5) is 14.2. The van der Waals surface area contributed by atoms with Crippen molar-refractivity contribution in [1.82, 2.24) is 0 Å². The molecule has 1 aromatic rings. The predicted molar refractivity (Wildman–Crippen MR) is 101 cm³/mol. The molecule has 1 aliphatic heterocycles. The van der Waals surface area contributed by atoms with Crippen LogP contribution in [-0.2, 0) is 19.1 Å². The van der Waals surface area contributed by atoms with E-state index in [2.05, 4.69) is 13.2 Å². The lowest BCUT2D eigenvalue weighted by atomic mass is 9.82. The molecule has 0 aromatic heterocycles. The summed E-state index contributed by atoms with van der Waals surface area (Å²) < 4.78 is 32.5. The molecule has 1 fully saturated rings. The first-order chi connectivity index (χ1) is 12.2. The van der Waals surface area contributed by atoms with Crippen molar-refractivity contribution >= 4 is 21.7 Å². The van der Waals surface area contributed by atoms with Crippen LogP contribution in [0.5, 0.6) is 5.75 Å². The zero-order valence-corrected chi connectivity index (χ0v) is 16.0. The van der Waals surface area contributed by atoms with Gasteiger partial charge in [0.05, 0.1) is 25.3 Å². The molecule has 0 saturated carbocycles. The molecule has 1 heterocycles. The zero-order valence-electron chi connectivity index (χ0n) is 15.1. The lowest BCUT2D eigenvalue weighted by Crippen LogP contribution is -2.60. The summed E-state index contributed by atoms with van der Waals surface area (Å²) >= 11 is 0. The highest BCUT2D eigenvalue weighted by atomic mass is 32.2. The number of rotatable bonds is 8. The summed E-state index contributed by atoms with van der Waals surface area (Å²) in [5, 5.41) is 0. The van der Waals surface area contributed by atoms with Crippen molar-refractivity contribution in [3.8, 4) is 5.75 Å². The third-order valence-electron chi connectivity index (χ3n) is 4.15. The second-order valence-corrected chi connectivity index (χ2v) is 7.66. The highest BCUT2D eigenvalue weighted by Gasteiger charge is 2.46. The Morgan fingerprint density at radius 2 is 1.92 bits per heavy atom. The van der Waals surface area contributed by atoms with Gasteiger partial charge in [-0.15, -0.1) is 6.58 Å². The smallest absolute Gasteiger partial charge is 0.306 e. The number of allylic oxidation sites excluding steroid dienone is 2. The lowest BCUT2D eigenvalue weighted by Gasteiger charge is -2.46. The maximum Gasteiger partial charge on any atom is 0.306 e. The molecule has 1 saturated heterocycles. The Kier molecular flexibility index (Phi) is 5.92. The van der Waals surface area contributed by atoms with Crippen molar-refractivity contribution in [3.05, 3.63) is 60.9 Å². The second kappa shape index (κ2) is 7.78. The van der Waals surface area contributed by atoms with E-state index in [1.54, 1.807) is 55.4 Å². The van der Waals surface area contributed by atoms with Gasteiger partial charge in [0.15, 0.2) is 0 Å². The number of carbonyl (C=O) groups is 1. The maximum absolute atomic E-state index is 12.6. The molecule has 7 heteroatoms. The van der Waals surface area contributed by atoms with Crippen LogP contribution in [0.3, 0.4) is 0 Å². The Morgan fingerprint density at radius 1 is 1.31 bits per heavy atom. The van der Waals surface area contributed by atoms with E-state index in [9.17, 15) is 13.2 Å². The van der Waals surface area contributed by atoms with E-state index in [4.69, 9.17) is 8.92 Å². The summed E-state index contributed by atoms with van der Waals surface area (Å²) in [6, 6.07) is 6.93. The normalized spacial score (nSPS) is 20.3. The van der Waals surface area contributed by atoms with Crippen molar-refractivity contribution in [2.75, 3.05) is 18.3 Å². The van der Waals surface area contributed by atoms with E-state index in [0.717, 1.165) is 11.9 Å². The standard InChI is InChI=1S/C19H23NO5S/c1-6-7-17-18(12-13(2)14(3)25-26(5,22)23)20(19(17)21)15-8-10-16(24-4)11-9-15/h6,8-12,17-18H,1,3,7H2,2,4-5H3/b13-12+/t17-,18-/m1/s1. The Balaban J connectivity index is 2.30. The minimum Gasteiger partial charge on any atom is -0.497 e. The average molecular weight is 377 g/mol. The first-order valence-corrected chi connectivity index (χ1v) is 9.84. The minimum atomic E-state index is -3.65. The van der Waals surface area contributed by atoms with Gasteiger partial charge < -0.3 is 13.8 Å². The first-order valence-electron chi connectivity index (χ1n) is 8.03. The molecule has 0 radical (unpaired) electrons. The number of hydrogen-bond acceptors (Lipinski definition) is 5. The number of carbonyl (C=O) groups excluding carboxylic acids is 1. The van der Waals surface area contributed by atoms with Crippen molar-refractivity contribution in [2.24, 2.45) is 5.92 Å². The van der Waals surface area contributed by atoms with Gasteiger partial charge in [0.25, 0.3) is 0 Å². The number of hydrogen-bond donors (Lipinski definition) is 0. The molecule has 0 N–H and O–H groups in total. The predicted octanol–water partition coefficient (Wildman–Crippen LogP) is 3.04. The Morgan fingerprint density at radius 3 is 2.42 bits per heavy atom. The van der Waals surface area contributed by atoms with Gasteiger partial charge in [-0.2, -0.15) is 8.42 Å². The molecule has 0 spiro atoms. The van der Waals surface area contributed by atoms with Crippen molar-refractivity contribution in [3.63, 3.8) is 0 Å². The van der Waals surface area contributed by atoms with Crippen LogP contribution in [0.1, 0.15) is 13.3 Å². The molecule has 1 aliphatic rings. The van der Waals surface area contributed by atoms with Crippen molar-refractivity contribution in [1.29, 1.82) is 0 Å². The van der Waals surface area contributed by atoms with Crippen molar-refractivity contribution < 1.29 is 22.1 Å². The fraction of sp³-hybridized carbons (Fsp3) is 0.316. The molecular weight excluding hydrogens is 354 g/mol. The molecule has 0 aliphatic carbocycles. The summed E-state index contributed by atoms with van der Waals surface area (Å²) in [5.74, 6) is 0.468. The Labute approximate surface area is 154 Å². The van der Waals surface area contributed by atoms with Gasteiger partial charge in [-0.1, -0.05) is 18.7 Å². The van der Waals surface area contributed by atoms with Gasteiger partial charge in [0, 0.05) is 5.69 Å². The summed E-state index contributed by atoms with van der Waals surface area (Å²) in [6.07, 6.45) is 4.99. The summed E-state index contributed by atoms with van der Waals surface area (Å²) in [7, 11) is -2.08. The fourth-order valence-electron chi connectivity index (χ4n) is 2.82. The van der Waals surface area contributed by atoms with Crippen LogP contribution in [0.4, 0.5) is 5.69 Å². The van der Waals surface area contributed by atoms with Crippen LogP contribution in [0.15, 0.2) is 60.9 Å². The molecule has 2 atom stereocenters. The molecule has 1 aromatic carbocycles. The largest absolute Gasteiger partial charge is 0.497 e. The number of benzene rings is 1. The number of β-lactam (4-membered cyclic amide) rings is 1. The van der Waals surface area contributed by atoms with Crippen LogP contribution >= 0.6 is 0 Å². The molecule has 1 amide bonds. The lowest BCUT2D eigenvalue weighted by molar-refractivity contribution is -0.128. The summed E-state index contributed by atoms with van der Waals surface area (Å²) in [6.45, 7) is 9.06. The third kappa shape index (κ3) is 4.35. The van der Waals surface area contributed by atoms with Gasteiger partial charge in [0.1, 0.15) is 11.5 Å². The molecule has 2 rings (SSSR count). The number of amides is 1. The van der Waals surface area contributed by atoms with E-state index < -0.39 is 10.1 Å². The SMILES string of the molecule is C=CC[C@H]1C(=O)N(c2ccc(OC)cc2)[C@@H]1/C=C(\C)C(=C)OS(C)(=O)=O. The Bertz CT molecular complexity index is 839. The minimum absolute atomic E-state index is 0.0150. The average Bonchev–Trinajstić information content (AvgIpc) is 2.58. The van der Waals surface area contributed by atoms with Crippen LogP contribution in [-0.4, -0.2) is 33.7 Å². The van der Waals surface area contributed by atoms with Gasteiger partial charge >= 0.3 is 10.1 Å². The van der Waals surface area contributed by atoms with Crippen LogP contribution in [0.2, 0.25) is 0 Å². The van der Waals surface area contributed by atoms with Gasteiger partial charge in [-0.3, -0.25) is 4.79 Å². The quantitative estimate of drug-likeness (QED) is 0.229.